The van der Waals surface area contributed by atoms with Crippen LogP contribution < -0.4 is 4.74 Å². The number of hydrogen-bond acceptors (Lipinski definition) is 4. The average Bonchev–Trinajstić information content (AvgIpc) is 2.35. The summed E-state index contributed by atoms with van der Waals surface area (Å²) in [6, 6.07) is 6.57. The summed E-state index contributed by atoms with van der Waals surface area (Å²) in [5, 5.41) is 8.79. The number of hydrogen-bond donors (Lipinski definition) is 1. The lowest BCUT2D eigenvalue weighted by molar-refractivity contribution is 0.0977. The molecule has 0 aromatic heterocycles. The Morgan fingerprint density at radius 2 is 1.85 bits per heavy atom. The zero-order chi connectivity index (χ0) is 14.8. The van der Waals surface area contributed by atoms with Crippen LogP contribution in [0, 0.1) is 5.92 Å². The fourth-order valence-electron chi connectivity index (χ4n) is 2.12. The quantitative estimate of drug-likeness (QED) is 0.876. The van der Waals surface area contributed by atoms with Gasteiger partial charge in [-0.05, 0) is 49.4 Å². The predicted molar refractivity (Wildman–Crippen MR) is 77.6 cm³/mol. The monoisotopic (exact) mass is 298 g/mol. The third-order valence-electron chi connectivity index (χ3n) is 3.62. The van der Waals surface area contributed by atoms with E-state index in [9.17, 15) is 13.5 Å². The Balaban J connectivity index is 1.97. The zero-order valence-corrected chi connectivity index (χ0v) is 12.8. The van der Waals surface area contributed by atoms with Crippen LogP contribution in [0.3, 0.4) is 0 Å². The van der Waals surface area contributed by atoms with Gasteiger partial charge in [0.2, 0.25) is 0 Å². The first-order valence-electron chi connectivity index (χ1n) is 7.04. The number of benzene rings is 1. The highest BCUT2D eigenvalue weighted by molar-refractivity contribution is 7.92. The summed E-state index contributed by atoms with van der Waals surface area (Å²) in [5.41, 5.74) is 0. The largest absolute Gasteiger partial charge is 0.494 e. The van der Waals surface area contributed by atoms with Gasteiger partial charge in [-0.2, -0.15) is 0 Å². The Labute approximate surface area is 120 Å². The lowest BCUT2D eigenvalue weighted by Gasteiger charge is -2.30. The molecule has 1 aromatic rings. The topological polar surface area (TPSA) is 63.6 Å². The highest BCUT2D eigenvalue weighted by Gasteiger charge is 2.38. The number of aliphatic hydroxyl groups is 1. The van der Waals surface area contributed by atoms with Crippen LogP contribution in [0.15, 0.2) is 29.2 Å². The van der Waals surface area contributed by atoms with Crippen LogP contribution in [0.25, 0.3) is 0 Å². The van der Waals surface area contributed by atoms with E-state index in [1.807, 2.05) is 0 Å². The summed E-state index contributed by atoms with van der Waals surface area (Å²) in [6.07, 6.45) is 1.19. The van der Waals surface area contributed by atoms with E-state index >= 15 is 0 Å². The number of ether oxygens (including phenoxy) is 1. The van der Waals surface area contributed by atoms with Crippen LogP contribution in [-0.4, -0.2) is 31.5 Å². The lowest BCUT2D eigenvalue weighted by atomic mass is 9.96. The van der Waals surface area contributed by atoms with E-state index in [0.717, 1.165) is 6.42 Å². The molecule has 0 amide bonds. The zero-order valence-electron chi connectivity index (χ0n) is 12.0. The Kier molecular flexibility index (Phi) is 4.70. The van der Waals surface area contributed by atoms with Crippen molar-refractivity contribution in [1.29, 1.82) is 0 Å². The molecule has 112 valence electrons. The molecule has 1 fully saturated rings. The smallest absolute Gasteiger partial charge is 0.181 e. The van der Waals surface area contributed by atoms with Gasteiger partial charge in [-0.3, -0.25) is 0 Å². The standard InChI is InChI=1S/C15H22O4S/c1-11(2)7-8-19-13-3-5-14(6-4-13)20(17,18)15-9-12(16)10-15/h3-6,11-12,15-16H,7-10H2,1-2H3. The molecule has 1 aromatic carbocycles. The minimum atomic E-state index is -3.30. The van der Waals surface area contributed by atoms with Gasteiger partial charge >= 0.3 is 0 Å². The summed E-state index contributed by atoms with van der Waals surface area (Å²) >= 11 is 0. The molecule has 0 atom stereocenters. The Hall–Kier alpha value is -1.07. The van der Waals surface area contributed by atoms with Gasteiger partial charge in [0.15, 0.2) is 9.84 Å². The molecular formula is C15H22O4S. The average molecular weight is 298 g/mol. The van der Waals surface area contributed by atoms with E-state index < -0.39 is 21.2 Å². The molecule has 1 saturated carbocycles. The molecule has 0 radical (unpaired) electrons. The van der Waals surface area contributed by atoms with Crippen molar-refractivity contribution in [1.82, 2.24) is 0 Å². The van der Waals surface area contributed by atoms with Gasteiger partial charge in [0.25, 0.3) is 0 Å². The highest BCUT2D eigenvalue weighted by Crippen LogP contribution is 2.32. The fraction of sp³-hybridized carbons (Fsp3) is 0.600. The maximum atomic E-state index is 12.2. The van der Waals surface area contributed by atoms with Crippen LogP contribution in [0.2, 0.25) is 0 Å². The number of aliphatic hydroxyl groups excluding tert-OH is 1. The van der Waals surface area contributed by atoms with Crippen molar-refractivity contribution in [3.8, 4) is 5.75 Å². The van der Waals surface area contributed by atoms with Crippen molar-refractivity contribution >= 4 is 9.84 Å². The van der Waals surface area contributed by atoms with Crippen molar-refractivity contribution in [3.05, 3.63) is 24.3 Å². The summed E-state index contributed by atoms with van der Waals surface area (Å²) in [7, 11) is -3.30. The van der Waals surface area contributed by atoms with Gasteiger partial charge in [0, 0.05) is 0 Å². The predicted octanol–water partition coefficient (Wildman–Crippen LogP) is 2.41. The van der Waals surface area contributed by atoms with Crippen molar-refractivity contribution in [2.75, 3.05) is 6.61 Å². The number of sulfone groups is 1. The number of rotatable bonds is 6. The van der Waals surface area contributed by atoms with Crippen LogP contribution >= 0.6 is 0 Å². The SMILES string of the molecule is CC(C)CCOc1ccc(S(=O)(=O)C2CC(O)C2)cc1. The van der Waals surface area contributed by atoms with Gasteiger partial charge < -0.3 is 9.84 Å². The molecule has 0 spiro atoms. The van der Waals surface area contributed by atoms with Gasteiger partial charge in [0.05, 0.1) is 22.9 Å². The molecule has 5 heteroatoms. The second kappa shape index (κ2) is 6.14. The van der Waals surface area contributed by atoms with Crippen molar-refractivity contribution in [3.63, 3.8) is 0 Å². The van der Waals surface area contributed by atoms with Crippen molar-refractivity contribution in [2.24, 2.45) is 5.92 Å². The third kappa shape index (κ3) is 3.52. The first-order valence-corrected chi connectivity index (χ1v) is 8.59. The second-order valence-electron chi connectivity index (χ2n) is 5.79. The Morgan fingerprint density at radius 1 is 1.25 bits per heavy atom. The van der Waals surface area contributed by atoms with Crippen molar-refractivity contribution in [2.45, 2.75) is 49.4 Å². The fourth-order valence-corrected chi connectivity index (χ4v) is 3.97. The summed E-state index contributed by atoms with van der Waals surface area (Å²) in [6.45, 7) is 4.90. The third-order valence-corrected chi connectivity index (χ3v) is 5.82. The summed E-state index contributed by atoms with van der Waals surface area (Å²) < 4.78 is 30.0. The molecule has 1 N–H and O–H groups in total. The Bertz CT molecular complexity index is 527. The molecule has 1 aliphatic rings. The van der Waals surface area contributed by atoms with Gasteiger partial charge in [-0.1, -0.05) is 13.8 Å². The van der Waals surface area contributed by atoms with E-state index in [-0.39, 0.29) is 0 Å². The maximum absolute atomic E-state index is 12.2. The summed E-state index contributed by atoms with van der Waals surface area (Å²) in [4.78, 5) is 0.311. The molecule has 1 aliphatic carbocycles. The highest BCUT2D eigenvalue weighted by atomic mass is 32.2. The molecule has 0 unspecified atom stereocenters. The van der Waals surface area contributed by atoms with Gasteiger partial charge in [-0.25, -0.2) is 8.42 Å². The van der Waals surface area contributed by atoms with E-state index in [2.05, 4.69) is 13.8 Å². The van der Waals surface area contributed by atoms with E-state index in [0.29, 0.717) is 36.0 Å². The first-order chi connectivity index (χ1) is 9.39. The van der Waals surface area contributed by atoms with E-state index in [1.165, 1.54) is 0 Å². The molecule has 0 saturated heterocycles. The molecule has 0 heterocycles. The van der Waals surface area contributed by atoms with Crippen LogP contribution in [-0.2, 0) is 9.84 Å². The van der Waals surface area contributed by atoms with Crippen molar-refractivity contribution < 1.29 is 18.3 Å². The van der Waals surface area contributed by atoms with Gasteiger partial charge in [0.1, 0.15) is 5.75 Å². The van der Waals surface area contributed by atoms with Crippen LogP contribution in [0.1, 0.15) is 33.1 Å². The first kappa shape index (κ1) is 15.3. The minimum absolute atomic E-state index is 0.311. The minimum Gasteiger partial charge on any atom is -0.494 e. The molecule has 20 heavy (non-hydrogen) atoms. The normalized spacial score (nSPS) is 22.6. The van der Waals surface area contributed by atoms with E-state index in [4.69, 9.17) is 4.74 Å². The lowest BCUT2D eigenvalue weighted by Crippen LogP contribution is -2.39. The second-order valence-corrected chi connectivity index (χ2v) is 8.02. The van der Waals surface area contributed by atoms with Crippen LogP contribution in [0.5, 0.6) is 5.75 Å². The molecule has 2 rings (SSSR count). The molecule has 0 bridgehead atoms. The summed E-state index contributed by atoms with van der Waals surface area (Å²) in [5.74, 6) is 1.28. The van der Waals surface area contributed by atoms with Crippen LogP contribution in [0.4, 0.5) is 0 Å². The van der Waals surface area contributed by atoms with E-state index in [1.54, 1.807) is 24.3 Å². The van der Waals surface area contributed by atoms with Gasteiger partial charge in [-0.15, -0.1) is 0 Å². The molecule has 4 nitrogen and oxygen atoms in total. The Morgan fingerprint density at radius 3 is 2.35 bits per heavy atom. The molecular weight excluding hydrogens is 276 g/mol. The molecule has 0 aliphatic heterocycles. The maximum Gasteiger partial charge on any atom is 0.181 e.